The zero-order valence-corrected chi connectivity index (χ0v) is 11.0. The second kappa shape index (κ2) is 6.06. The van der Waals surface area contributed by atoms with Gasteiger partial charge in [-0.15, -0.1) is 0 Å². The third-order valence-corrected chi connectivity index (χ3v) is 2.81. The highest BCUT2D eigenvalue weighted by molar-refractivity contribution is 5.04. The molecule has 1 atom stereocenters. The molecule has 0 amide bonds. The Morgan fingerprint density at radius 2 is 2.16 bits per heavy atom. The summed E-state index contributed by atoms with van der Waals surface area (Å²) in [7, 11) is 0. The van der Waals surface area contributed by atoms with E-state index < -0.39 is 17.4 Å². The fraction of sp³-hybridized carbons (Fsp3) is 0.667. The smallest absolute Gasteiger partial charge is 0.300 e. The maximum atomic E-state index is 12.3. The second-order valence-electron chi connectivity index (χ2n) is 4.54. The minimum absolute atomic E-state index is 0.360. The number of aromatic nitrogens is 2. The molecular weight excluding hydrogens is 257 g/mol. The molecule has 0 radical (unpaired) electrons. The van der Waals surface area contributed by atoms with Crippen molar-refractivity contribution in [3.63, 3.8) is 0 Å². The molecule has 0 aliphatic heterocycles. The van der Waals surface area contributed by atoms with Crippen LogP contribution in [0.15, 0.2) is 12.3 Å². The van der Waals surface area contributed by atoms with Crippen LogP contribution in [0.3, 0.4) is 0 Å². The van der Waals surface area contributed by atoms with E-state index >= 15 is 0 Å². The summed E-state index contributed by atoms with van der Waals surface area (Å²) in [6, 6.07) is 3.13. The minimum Gasteiger partial charge on any atom is -0.300 e. The van der Waals surface area contributed by atoms with Gasteiger partial charge in [0.05, 0.1) is 6.07 Å². The van der Waals surface area contributed by atoms with E-state index in [2.05, 4.69) is 16.5 Å². The summed E-state index contributed by atoms with van der Waals surface area (Å²) in [4.78, 5) is 0. The quantitative estimate of drug-likeness (QED) is 0.867. The molecule has 19 heavy (non-hydrogen) atoms. The monoisotopic (exact) mass is 274 g/mol. The van der Waals surface area contributed by atoms with Gasteiger partial charge in [-0.05, 0) is 32.4 Å². The molecule has 1 aromatic heterocycles. The Morgan fingerprint density at radius 1 is 1.47 bits per heavy atom. The highest BCUT2D eigenvalue weighted by atomic mass is 19.4. The van der Waals surface area contributed by atoms with Gasteiger partial charge in [-0.3, -0.25) is 10.00 Å². The van der Waals surface area contributed by atoms with Crippen molar-refractivity contribution in [2.45, 2.75) is 44.9 Å². The number of hydrogen-bond donors (Lipinski definition) is 1. The number of alkyl halides is 3. The van der Waals surface area contributed by atoms with E-state index in [-0.39, 0.29) is 0 Å². The van der Waals surface area contributed by atoms with Gasteiger partial charge >= 0.3 is 6.18 Å². The Kier molecular flexibility index (Phi) is 4.95. The first kappa shape index (κ1) is 15.5. The third-order valence-electron chi connectivity index (χ3n) is 2.81. The predicted octanol–water partition coefficient (Wildman–Crippen LogP) is 2.57. The summed E-state index contributed by atoms with van der Waals surface area (Å²) >= 11 is 0. The number of hydrogen-bond acceptors (Lipinski definition) is 3. The van der Waals surface area contributed by atoms with Crippen LogP contribution < -0.4 is 5.32 Å². The molecule has 1 unspecified atom stereocenters. The van der Waals surface area contributed by atoms with Gasteiger partial charge in [0.25, 0.3) is 0 Å². The lowest BCUT2D eigenvalue weighted by atomic mass is 9.98. The van der Waals surface area contributed by atoms with Crippen LogP contribution in [-0.4, -0.2) is 21.9 Å². The minimum atomic E-state index is -4.41. The van der Waals surface area contributed by atoms with Crippen LogP contribution in [0.5, 0.6) is 0 Å². The summed E-state index contributed by atoms with van der Waals surface area (Å²) in [6.07, 6.45) is -1.97. The normalized spacial score (nSPS) is 14.9. The van der Waals surface area contributed by atoms with Crippen LogP contribution in [0.1, 0.15) is 32.4 Å². The summed E-state index contributed by atoms with van der Waals surface area (Å²) in [6.45, 7) is 4.71. The molecule has 0 aliphatic rings. The van der Waals surface area contributed by atoms with Gasteiger partial charge in [0.15, 0.2) is 5.69 Å². The molecule has 0 spiro atoms. The van der Waals surface area contributed by atoms with E-state index in [4.69, 9.17) is 5.26 Å². The van der Waals surface area contributed by atoms with E-state index in [1.807, 2.05) is 6.92 Å². The van der Waals surface area contributed by atoms with Crippen molar-refractivity contribution in [3.8, 4) is 6.07 Å². The topological polar surface area (TPSA) is 53.6 Å². The third kappa shape index (κ3) is 4.56. The van der Waals surface area contributed by atoms with Gasteiger partial charge in [-0.25, -0.2) is 0 Å². The summed E-state index contributed by atoms with van der Waals surface area (Å²) in [5.41, 5.74) is -1.53. The van der Waals surface area contributed by atoms with Gasteiger partial charge in [0, 0.05) is 12.7 Å². The van der Waals surface area contributed by atoms with E-state index in [9.17, 15) is 13.2 Å². The van der Waals surface area contributed by atoms with Crippen molar-refractivity contribution in [2.75, 3.05) is 6.54 Å². The zero-order chi connectivity index (χ0) is 14.5. The van der Waals surface area contributed by atoms with Crippen molar-refractivity contribution in [2.24, 2.45) is 0 Å². The first-order valence-corrected chi connectivity index (χ1v) is 6.07. The zero-order valence-electron chi connectivity index (χ0n) is 11.0. The van der Waals surface area contributed by atoms with Gasteiger partial charge in [-0.2, -0.15) is 23.5 Å². The number of nitrogens with one attached hydrogen (secondary N) is 1. The van der Waals surface area contributed by atoms with Crippen LogP contribution in [0, 0.1) is 11.3 Å². The molecule has 1 rings (SSSR count). The average molecular weight is 274 g/mol. The van der Waals surface area contributed by atoms with E-state index in [1.165, 1.54) is 10.9 Å². The molecule has 1 heterocycles. The first-order chi connectivity index (χ1) is 8.80. The van der Waals surface area contributed by atoms with Crippen molar-refractivity contribution in [1.82, 2.24) is 15.1 Å². The van der Waals surface area contributed by atoms with Crippen LogP contribution in [0.25, 0.3) is 0 Å². The maximum Gasteiger partial charge on any atom is 0.435 e. The SMILES string of the molecule is CCNC(C)(C#N)CCCn1ccc(C(F)(F)F)n1. The molecule has 1 N–H and O–H groups in total. The Labute approximate surface area is 110 Å². The molecule has 0 saturated heterocycles. The highest BCUT2D eigenvalue weighted by Gasteiger charge is 2.33. The van der Waals surface area contributed by atoms with Crippen molar-refractivity contribution >= 4 is 0 Å². The van der Waals surface area contributed by atoms with Crippen molar-refractivity contribution < 1.29 is 13.2 Å². The van der Waals surface area contributed by atoms with Gasteiger partial charge < -0.3 is 0 Å². The predicted molar refractivity (Wildman–Crippen MR) is 64.2 cm³/mol. The first-order valence-electron chi connectivity index (χ1n) is 6.07. The van der Waals surface area contributed by atoms with E-state index in [1.54, 1.807) is 6.92 Å². The van der Waals surface area contributed by atoms with E-state index in [0.717, 1.165) is 6.07 Å². The maximum absolute atomic E-state index is 12.3. The molecule has 0 fully saturated rings. The highest BCUT2D eigenvalue weighted by Crippen LogP contribution is 2.27. The van der Waals surface area contributed by atoms with E-state index in [0.29, 0.717) is 25.9 Å². The number of nitriles is 1. The standard InChI is InChI=1S/C12H17F3N4/c1-3-17-11(2,9-16)6-4-7-19-8-5-10(18-19)12(13,14)15/h5,8,17H,3-4,6-7H2,1-2H3. The van der Waals surface area contributed by atoms with Crippen molar-refractivity contribution in [3.05, 3.63) is 18.0 Å². The Balaban J connectivity index is 2.50. The Hall–Kier alpha value is -1.55. The summed E-state index contributed by atoms with van der Waals surface area (Å²) < 4.78 is 38.3. The molecule has 0 aromatic carbocycles. The molecular formula is C12H17F3N4. The molecule has 0 saturated carbocycles. The Bertz CT molecular complexity index is 447. The van der Waals surface area contributed by atoms with Gasteiger partial charge in [0.1, 0.15) is 5.54 Å². The van der Waals surface area contributed by atoms with Crippen LogP contribution in [-0.2, 0) is 12.7 Å². The Morgan fingerprint density at radius 3 is 2.63 bits per heavy atom. The fourth-order valence-electron chi connectivity index (χ4n) is 1.81. The molecule has 106 valence electrons. The molecule has 0 bridgehead atoms. The molecule has 1 aromatic rings. The summed E-state index contributed by atoms with van der Waals surface area (Å²) in [5, 5.41) is 15.6. The number of rotatable bonds is 6. The lowest BCUT2D eigenvalue weighted by Gasteiger charge is -2.22. The lowest BCUT2D eigenvalue weighted by molar-refractivity contribution is -0.141. The molecule has 4 nitrogen and oxygen atoms in total. The van der Waals surface area contributed by atoms with Gasteiger partial charge in [0.2, 0.25) is 0 Å². The average Bonchev–Trinajstić information content (AvgIpc) is 2.78. The molecule has 0 aliphatic carbocycles. The number of aryl methyl sites for hydroxylation is 1. The fourth-order valence-corrected chi connectivity index (χ4v) is 1.81. The van der Waals surface area contributed by atoms with Crippen LogP contribution in [0.2, 0.25) is 0 Å². The second-order valence-corrected chi connectivity index (χ2v) is 4.54. The largest absolute Gasteiger partial charge is 0.435 e. The van der Waals surface area contributed by atoms with Crippen LogP contribution >= 0.6 is 0 Å². The summed E-state index contributed by atoms with van der Waals surface area (Å²) in [5.74, 6) is 0. The number of nitrogens with zero attached hydrogens (tertiary/aromatic N) is 3. The van der Waals surface area contributed by atoms with Crippen LogP contribution in [0.4, 0.5) is 13.2 Å². The lowest BCUT2D eigenvalue weighted by Crippen LogP contribution is -2.40. The van der Waals surface area contributed by atoms with Crippen molar-refractivity contribution in [1.29, 1.82) is 5.26 Å². The molecule has 7 heteroatoms. The number of halogens is 3. The van der Waals surface area contributed by atoms with Gasteiger partial charge in [-0.1, -0.05) is 6.92 Å².